The van der Waals surface area contributed by atoms with Gasteiger partial charge in [-0.1, -0.05) is 23.4 Å². The summed E-state index contributed by atoms with van der Waals surface area (Å²) in [6, 6.07) is 12.1. The van der Waals surface area contributed by atoms with Crippen molar-refractivity contribution < 1.29 is 14.3 Å². The van der Waals surface area contributed by atoms with Gasteiger partial charge in [0.25, 0.3) is 5.56 Å². The third-order valence-corrected chi connectivity index (χ3v) is 5.64. The van der Waals surface area contributed by atoms with Crippen LogP contribution in [0.25, 0.3) is 10.9 Å². The average Bonchev–Trinajstić information content (AvgIpc) is 2.74. The second-order valence-electron chi connectivity index (χ2n) is 6.53. The van der Waals surface area contributed by atoms with Gasteiger partial charge < -0.3 is 9.47 Å². The Balaban J connectivity index is 1.84. The van der Waals surface area contributed by atoms with E-state index >= 15 is 0 Å². The summed E-state index contributed by atoms with van der Waals surface area (Å²) < 4.78 is 12.1. The molecule has 3 rings (SSSR count). The predicted octanol–water partition coefficient (Wildman–Crippen LogP) is 4.46. The van der Waals surface area contributed by atoms with E-state index in [4.69, 9.17) is 21.1 Å². The van der Waals surface area contributed by atoms with E-state index in [1.807, 2.05) is 6.92 Å². The topological polar surface area (TPSA) is 70.4 Å². The molecule has 0 unspecified atom stereocenters. The average molecular weight is 447 g/mol. The summed E-state index contributed by atoms with van der Waals surface area (Å²) in [6.07, 6.45) is 0.664. The Hall–Kier alpha value is -2.35. The van der Waals surface area contributed by atoms with Gasteiger partial charge >= 0.3 is 0 Å². The van der Waals surface area contributed by atoms with Crippen molar-refractivity contribution in [1.82, 2.24) is 9.55 Å². The molecule has 6 nitrogen and oxygen atoms in total. The molecule has 8 heteroatoms. The number of thioether (sulfide) groups is 1. The van der Waals surface area contributed by atoms with E-state index in [9.17, 15) is 9.59 Å². The van der Waals surface area contributed by atoms with Crippen molar-refractivity contribution in [2.45, 2.75) is 25.0 Å². The predicted molar refractivity (Wildman–Crippen MR) is 120 cm³/mol. The number of fused-ring (bicyclic) bond motifs is 1. The molecule has 0 aliphatic heterocycles. The van der Waals surface area contributed by atoms with Crippen molar-refractivity contribution in [3.8, 4) is 5.75 Å². The van der Waals surface area contributed by atoms with Crippen LogP contribution in [0.4, 0.5) is 0 Å². The molecule has 0 radical (unpaired) electrons. The Morgan fingerprint density at radius 2 is 1.97 bits per heavy atom. The third-order valence-electron chi connectivity index (χ3n) is 4.43. The van der Waals surface area contributed by atoms with Gasteiger partial charge in [-0.2, -0.15) is 0 Å². The first-order chi connectivity index (χ1) is 14.5. The van der Waals surface area contributed by atoms with E-state index in [1.54, 1.807) is 54.1 Å². The smallest absolute Gasteiger partial charge is 0.262 e. The second kappa shape index (κ2) is 10.6. The van der Waals surface area contributed by atoms with Gasteiger partial charge in [-0.3, -0.25) is 14.2 Å². The summed E-state index contributed by atoms with van der Waals surface area (Å²) in [6.45, 7) is 3.46. The van der Waals surface area contributed by atoms with Crippen molar-refractivity contribution in [1.29, 1.82) is 0 Å². The highest BCUT2D eigenvalue weighted by Crippen LogP contribution is 2.22. The Kier molecular flexibility index (Phi) is 7.90. The van der Waals surface area contributed by atoms with Crippen LogP contribution in [-0.4, -0.2) is 41.4 Å². The third kappa shape index (κ3) is 5.41. The highest BCUT2D eigenvalue weighted by Gasteiger charge is 2.14. The normalized spacial score (nSPS) is 11.0. The number of benzene rings is 2. The SMILES string of the molecule is CCOc1ccc(C(=O)CSc2nc3cc(Cl)ccc3c(=O)n2CCCOC)cc1. The zero-order valence-corrected chi connectivity index (χ0v) is 18.5. The van der Waals surface area contributed by atoms with E-state index in [0.717, 1.165) is 5.75 Å². The van der Waals surface area contributed by atoms with Crippen LogP contribution < -0.4 is 10.3 Å². The number of methoxy groups -OCH3 is 1. The lowest BCUT2D eigenvalue weighted by molar-refractivity contribution is 0.102. The van der Waals surface area contributed by atoms with Crippen LogP contribution in [0.2, 0.25) is 5.02 Å². The minimum atomic E-state index is -0.149. The minimum absolute atomic E-state index is 0.0491. The fraction of sp³-hybridized carbons (Fsp3) is 0.318. The van der Waals surface area contributed by atoms with E-state index in [0.29, 0.717) is 52.8 Å². The number of ether oxygens (including phenoxy) is 2. The number of aromatic nitrogens is 2. The molecule has 0 aliphatic carbocycles. The lowest BCUT2D eigenvalue weighted by Crippen LogP contribution is -2.24. The van der Waals surface area contributed by atoms with Crippen LogP contribution in [0.1, 0.15) is 23.7 Å². The first-order valence-corrected chi connectivity index (χ1v) is 11.0. The lowest BCUT2D eigenvalue weighted by atomic mass is 10.1. The molecule has 0 spiro atoms. The van der Waals surface area contributed by atoms with Gasteiger partial charge in [-0.25, -0.2) is 4.98 Å². The number of hydrogen-bond acceptors (Lipinski definition) is 6. The fourth-order valence-electron chi connectivity index (χ4n) is 2.97. The van der Waals surface area contributed by atoms with Gasteiger partial charge in [0.1, 0.15) is 5.75 Å². The molecule has 1 aromatic heterocycles. The van der Waals surface area contributed by atoms with Gasteiger partial charge in [0.2, 0.25) is 0 Å². The number of hydrogen-bond donors (Lipinski definition) is 0. The summed E-state index contributed by atoms with van der Waals surface area (Å²) in [5.74, 6) is 0.838. The molecule has 0 aliphatic rings. The number of ketones is 1. The molecule has 0 saturated carbocycles. The fourth-order valence-corrected chi connectivity index (χ4v) is 4.05. The van der Waals surface area contributed by atoms with Gasteiger partial charge in [0, 0.05) is 30.8 Å². The molecule has 0 bridgehead atoms. The highest BCUT2D eigenvalue weighted by atomic mass is 35.5. The Morgan fingerprint density at radius 3 is 2.67 bits per heavy atom. The molecule has 0 atom stereocenters. The lowest BCUT2D eigenvalue weighted by Gasteiger charge is -2.13. The molecule has 2 aromatic carbocycles. The number of Topliss-reactive ketones (excluding diaryl/α,β-unsaturated/α-hetero) is 1. The molecule has 0 saturated heterocycles. The van der Waals surface area contributed by atoms with Gasteiger partial charge in [0.05, 0.1) is 23.3 Å². The molecule has 0 fully saturated rings. The van der Waals surface area contributed by atoms with Crippen LogP contribution in [0.3, 0.4) is 0 Å². The molecule has 158 valence electrons. The maximum atomic E-state index is 13.0. The van der Waals surface area contributed by atoms with E-state index in [2.05, 4.69) is 4.98 Å². The summed E-state index contributed by atoms with van der Waals surface area (Å²) in [7, 11) is 1.62. The van der Waals surface area contributed by atoms with Crippen molar-refractivity contribution in [2.24, 2.45) is 0 Å². The monoisotopic (exact) mass is 446 g/mol. The number of rotatable bonds is 10. The quantitative estimate of drug-likeness (QED) is 0.198. The molecule has 0 N–H and O–H groups in total. The van der Waals surface area contributed by atoms with Crippen molar-refractivity contribution in [3.05, 3.63) is 63.4 Å². The van der Waals surface area contributed by atoms with Gasteiger partial charge in [-0.15, -0.1) is 0 Å². The molecule has 30 heavy (non-hydrogen) atoms. The summed E-state index contributed by atoms with van der Waals surface area (Å²) >= 11 is 7.32. The van der Waals surface area contributed by atoms with Crippen molar-refractivity contribution in [3.63, 3.8) is 0 Å². The minimum Gasteiger partial charge on any atom is -0.494 e. The molecule has 3 aromatic rings. The van der Waals surface area contributed by atoms with E-state index in [1.165, 1.54) is 11.8 Å². The van der Waals surface area contributed by atoms with Crippen molar-refractivity contribution in [2.75, 3.05) is 26.1 Å². The molecular weight excluding hydrogens is 424 g/mol. The number of halogens is 1. The molecule has 1 heterocycles. The van der Waals surface area contributed by atoms with Crippen LogP contribution in [0.15, 0.2) is 52.4 Å². The first kappa shape index (κ1) is 22.3. The molecule has 0 amide bonds. The van der Waals surface area contributed by atoms with Crippen LogP contribution in [0, 0.1) is 0 Å². The summed E-state index contributed by atoms with van der Waals surface area (Å²) in [5, 5.41) is 1.50. The van der Waals surface area contributed by atoms with Crippen LogP contribution in [-0.2, 0) is 11.3 Å². The Morgan fingerprint density at radius 1 is 1.20 bits per heavy atom. The first-order valence-electron chi connectivity index (χ1n) is 9.61. The van der Waals surface area contributed by atoms with Crippen LogP contribution in [0.5, 0.6) is 5.75 Å². The Labute approximate surface area is 184 Å². The molecular formula is C22H23ClN2O4S. The maximum Gasteiger partial charge on any atom is 0.262 e. The van der Waals surface area contributed by atoms with E-state index in [-0.39, 0.29) is 17.1 Å². The summed E-state index contributed by atoms with van der Waals surface area (Å²) in [4.78, 5) is 30.2. The number of nitrogens with zero attached hydrogens (tertiary/aromatic N) is 2. The summed E-state index contributed by atoms with van der Waals surface area (Å²) in [5.41, 5.74) is 0.957. The van der Waals surface area contributed by atoms with Crippen LogP contribution >= 0.6 is 23.4 Å². The number of carbonyl (C=O) groups is 1. The maximum absolute atomic E-state index is 13.0. The standard InChI is InChI=1S/C22H23ClN2O4S/c1-3-29-17-8-5-15(6-9-17)20(26)14-30-22-24-19-13-16(23)7-10-18(19)21(27)25(22)11-4-12-28-2/h5-10,13H,3-4,11-12,14H2,1-2H3. The van der Waals surface area contributed by atoms with Gasteiger partial charge in [0.15, 0.2) is 10.9 Å². The van der Waals surface area contributed by atoms with E-state index < -0.39 is 0 Å². The zero-order chi connectivity index (χ0) is 21.5. The van der Waals surface area contributed by atoms with Gasteiger partial charge in [-0.05, 0) is 55.8 Å². The number of carbonyl (C=O) groups excluding carboxylic acids is 1. The van der Waals surface area contributed by atoms with Crippen molar-refractivity contribution >= 4 is 40.0 Å². The Bertz CT molecular complexity index is 1080. The largest absolute Gasteiger partial charge is 0.494 e. The second-order valence-corrected chi connectivity index (χ2v) is 7.91. The highest BCUT2D eigenvalue weighted by molar-refractivity contribution is 7.99. The zero-order valence-electron chi connectivity index (χ0n) is 16.9.